The van der Waals surface area contributed by atoms with Crippen molar-refractivity contribution < 1.29 is 13.5 Å². The van der Waals surface area contributed by atoms with E-state index in [0.29, 0.717) is 12.1 Å². The molecular formula is C11H17NO3S. The smallest absolute Gasteiger partial charge is 0.154 e. The van der Waals surface area contributed by atoms with Crippen molar-refractivity contribution >= 4 is 9.84 Å². The largest absolute Gasteiger partial charge is 0.508 e. The Morgan fingerprint density at radius 1 is 1.44 bits per heavy atom. The molecule has 0 heterocycles. The molecule has 3 N–H and O–H groups in total. The van der Waals surface area contributed by atoms with Gasteiger partial charge in [0, 0.05) is 0 Å². The number of hydrogen-bond acceptors (Lipinski definition) is 4. The summed E-state index contributed by atoms with van der Waals surface area (Å²) in [7, 11) is -3.15. The Hall–Kier alpha value is -1.07. The van der Waals surface area contributed by atoms with Crippen LogP contribution in [0.4, 0.5) is 0 Å². The summed E-state index contributed by atoms with van der Waals surface area (Å²) in [6.45, 7) is 2.17. The minimum absolute atomic E-state index is 0.0395. The number of benzene rings is 1. The molecule has 0 radical (unpaired) electrons. The minimum atomic E-state index is -3.15. The zero-order valence-electron chi connectivity index (χ0n) is 9.26. The van der Waals surface area contributed by atoms with Crippen LogP contribution in [0.25, 0.3) is 0 Å². The van der Waals surface area contributed by atoms with Gasteiger partial charge < -0.3 is 10.8 Å². The molecule has 0 aliphatic rings. The molecule has 1 unspecified atom stereocenters. The van der Waals surface area contributed by atoms with E-state index in [9.17, 15) is 13.5 Å². The van der Waals surface area contributed by atoms with Crippen LogP contribution in [-0.4, -0.2) is 25.8 Å². The molecule has 0 aliphatic heterocycles. The number of nitrogens with two attached hydrogens (primary N) is 1. The first-order chi connectivity index (χ1) is 7.43. The van der Waals surface area contributed by atoms with Crippen molar-refractivity contribution in [3.8, 4) is 5.75 Å². The van der Waals surface area contributed by atoms with Gasteiger partial charge in [-0.05, 0) is 30.2 Å². The second-order valence-corrected chi connectivity index (χ2v) is 6.17. The number of aromatic hydroxyl groups is 1. The molecule has 0 aromatic heterocycles. The van der Waals surface area contributed by atoms with Crippen LogP contribution >= 0.6 is 0 Å². The predicted molar refractivity (Wildman–Crippen MR) is 63.8 cm³/mol. The lowest BCUT2D eigenvalue weighted by Crippen LogP contribution is -2.22. The third-order valence-electron chi connectivity index (χ3n) is 2.24. The molecule has 1 atom stereocenters. The molecular weight excluding hydrogens is 226 g/mol. The summed E-state index contributed by atoms with van der Waals surface area (Å²) in [6, 6.07) is 6.29. The first-order valence-electron chi connectivity index (χ1n) is 5.11. The van der Waals surface area contributed by atoms with Gasteiger partial charge in [-0.15, -0.1) is 0 Å². The highest BCUT2D eigenvalue weighted by atomic mass is 32.2. The van der Waals surface area contributed by atoms with E-state index < -0.39 is 9.84 Å². The summed E-state index contributed by atoms with van der Waals surface area (Å²) in [5.74, 6) is 0.0760. The summed E-state index contributed by atoms with van der Waals surface area (Å²) in [6.07, 6.45) is 0. The van der Waals surface area contributed by atoms with Gasteiger partial charge in [-0.25, -0.2) is 8.42 Å². The standard InChI is InChI=1S/C11H17NO3S/c1-9(6-12)7-16(14,15)8-10-3-2-4-11(13)5-10/h2-5,9,13H,6-8,12H2,1H3. The van der Waals surface area contributed by atoms with Crippen LogP contribution in [-0.2, 0) is 15.6 Å². The normalized spacial score (nSPS) is 13.6. The van der Waals surface area contributed by atoms with Crippen molar-refractivity contribution in [1.82, 2.24) is 0 Å². The van der Waals surface area contributed by atoms with Gasteiger partial charge in [0.1, 0.15) is 5.75 Å². The van der Waals surface area contributed by atoms with E-state index in [1.165, 1.54) is 12.1 Å². The van der Waals surface area contributed by atoms with E-state index in [4.69, 9.17) is 5.73 Å². The second kappa shape index (κ2) is 5.32. The topological polar surface area (TPSA) is 80.4 Å². The van der Waals surface area contributed by atoms with Gasteiger partial charge in [0.05, 0.1) is 11.5 Å². The third kappa shape index (κ3) is 4.20. The van der Waals surface area contributed by atoms with Gasteiger partial charge in [0.2, 0.25) is 0 Å². The molecule has 0 aliphatic carbocycles. The number of sulfone groups is 1. The Balaban J connectivity index is 2.73. The van der Waals surface area contributed by atoms with Crippen LogP contribution in [0, 0.1) is 5.92 Å². The number of phenols is 1. The fourth-order valence-electron chi connectivity index (χ4n) is 1.46. The van der Waals surface area contributed by atoms with E-state index in [1.807, 2.05) is 0 Å². The van der Waals surface area contributed by atoms with E-state index in [2.05, 4.69) is 0 Å². The van der Waals surface area contributed by atoms with Crippen LogP contribution < -0.4 is 5.73 Å². The van der Waals surface area contributed by atoms with Crippen molar-refractivity contribution in [2.24, 2.45) is 11.7 Å². The van der Waals surface area contributed by atoms with E-state index in [-0.39, 0.29) is 23.2 Å². The number of hydrogen-bond donors (Lipinski definition) is 2. The third-order valence-corrected chi connectivity index (χ3v) is 4.09. The molecule has 1 aromatic rings. The number of phenolic OH excluding ortho intramolecular Hbond substituents is 1. The maximum Gasteiger partial charge on any atom is 0.154 e. The molecule has 16 heavy (non-hydrogen) atoms. The van der Waals surface area contributed by atoms with Crippen molar-refractivity contribution in [2.75, 3.05) is 12.3 Å². The van der Waals surface area contributed by atoms with Gasteiger partial charge in [-0.1, -0.05) is 19.1 Å². The second-order valence-electron chi connectivity index (χ2n) is 4.07. The highest BCUT2D eigenvalue weighted by Gasteiger charge is 2.15. The Labute approximate surface area is 96.0 Å². The van der Waals surface area contributed by atoms with Crippen molar-refractivity contribution in [2.45, 2.75) is 12.7 Å². The molecule has 0 saturated heterocycles. The molecule has 0 amide bonds. The average Bonchev–Trinajstić information content (AvgIpc) is 2.15. The fourth-order valence-corrected chi connectivity index (χ4v) is 3.27. The molecule has 90 valence electrons. The maximum absolute atomic E-state index is 11.7. The zero-order chi connectivity index (χ0) is 12.2. The maximum atomic E-state index is 11.7. The molecule has 0 saturated carbocycles. The average molecular weight is 243 g/mol. The Kier molecular flexibility index (Phi) is 4.32. The molecule has 5 heteroatoms. The lowest BCUT2D eigenvalue weighted by molar-refractivity contribution is 0.475. The van der Waals surface area contributed by atoms with E-state index in [1.54, 1.807) is 19.1 Å². The molecule has 0 bridgehead atoms. The monoisotopic (exact) mass is 243 g/mol. The van der Waals surface area contributed by atoms with Gasteiger partial charge in [0.25, 0.3) is 0 Å². The highest BCUT2D eigenvalue weighted by molar-refractivity contribution is 7.90. The highest BCUT2D eigenvalue weighted by Crippen LogP contribution is 2.15. The molecule has 1 aromatic carbocycles. The summed E-state index contributed by atoms with van der Waals surface area (Å²) < 4.78 is 23.5. The molecule has 0 fully saturated rings. The first-order valence-corrected chi connectivity index (χ1v) is 6.93. The predicted octanol–water partition coefficient (Wildman–Crippen LogP) is 0.902. The Bertz CT molecular complexity index is 442. The Morgan fingerprint density at radius 2 is 2.12 bits per heavy atom. The van der Waals surface area contributed by atoms with Gasteiger partial charge >= 0.3 is 0 Å². The van der Waals surface area contributed by atoms with Crippen LogP contribution in [0.2, 0.25) is 0 Å². The summed E-state index contributed by atoms with van der Waals surface area (Å²) in [5.41, 5.74) is 5.99. The molecule has 4 nitrogen and oxygen atoms in total. The van der Waals surface area contributed by atoms with Crippen molar-refractivity contribution in [3.05, 3.63) is 29.8 Å². The summed E-state index contributed by atoms with van der Waals surface area (Å²) in [4.78, 5) is 0. The number of rotatable bonds is 5. The van der Waals surface area contributed by atoms with Crippen molar-refractivity contribution in [3.63, 3.8) is 0 Å². The lowest BCUT2D eigenvalue weighted by Gasteiger charge is -2.09. The van der Waals surface area contributed by atoms with E-state index in [0.717, 1.165) is 0 Å². The molecule has 1 rings (SSSR count). The lowest BCUT2D eigenvalue weighted by atomic mass is 10.2. The van der Waals surface area contributed by atoms with Crippen molar-refractivity contribution in [1.29, 1.82) is 0 Å². The quantitative estimate of drug-likeness (QED) is 0.805. The van der Waals surface area contributed by atoms with E-state index >= 15 is 0 Å². The first kappa shape index (κ1) is 13.0. The Morgan fingerprint density at radius 3 is 2.69 bits per heavy atom. The summed E-state index contributed by atoms with van der Waals surface area (Å²) in [5, 5.41) is 9.22. The van der Waals surface area contributed by atoms with Crippen LogP contribution in [0.3, 0.4) is 0 Å². The van der Waals surface area contributed by atoms with Crippen LogP contribution in [0.15, 0.2) is 24.3 Å². The van der Waals surface area contributed by atoms with Gasteiger partial charge in [-0.2, -0.15) is 0 Å². The fraction of sp³-hybridized carbons (Fsp3) is 0.455. The van der Waals surface area contributed by atoms with Crippen LogP contribution in [0.1, 0.15) is 12.5 Å². The van der Waals surface area contributed by atoms with Gasteiger partial charge in [-0.3, -0.25) is 0 Å². The zero-order valence-corrected chi connectivity index (χ0v) is 10.1. The molecule has 0 spiro atoms. The van der Waals surface area contributed by atoms with Crippen LogP contribution in [0.5, 0.6) is 5.75 Å². The van der Waals surface area contributed by atoms with Gasteiger partial charge in [0.15, 0.2) is 9.84 Å². The SMILES string of the molecule is CC(CN)CS(=O)(=O)Cc1cccc(O)c1. The minimum Gasteiger partial charge on any atom is -0.508 e. The summed E-state index contributed by atoms with van der Waals surface area (Å²) >= 11 is 0.